The maximum atomic E-state index is 10.6. The third-order valence-electron chi connectivity index (χ3n) is 5.53. The first-order chi connectivity index (χ1) is 8.79. The molecule has 0 unspecified atom stereocenters. The Labute approximate surface area is 114 Å². The first-order valence-electron chi connectivity index (χ1n) is 7.14. The van der Waals surface area contributed by atoms with Gasteiger partial charge in [0.05, 0.1) is 18.8 Å². The fourth-order valence-corrected chi connectivity index (χ4v) is 4.35. The molecule has 19 heavy (non-hydrogen) atoms. The zero-order chi connectivity index (χ0) is 14.0. The number of fused-ring (bicyclic) bond motifs is 4. The van der Waals surface area contributed by atoms with Crippen molar-refractivity contribution < 1.29 is 20.1 Å². The Balaban J connectivity index is 2.13. The van der Waals surface area contributed by atoms with Crippen molar-refractivity contribution in [2.24, 2.45) is 16.7 Å². The second kappa shape index (κ2) is 4.04. The van der Waals surface area contributed by atoms with Crippen LogP contribution in [0.5, 0.6) is 0 Å². The molecular weight excluding hydrogens is 244 g/mol. The van der Waals surface area contributed by atoms with Gasteiger partial charge in [0, 0.05) is 11.3 Å². The van der Waals surface area contributed by atoms with Crippen LogP contribution in [0, 0.1) is 16.7 Å². The van der Waals surface area contributed by atoms with E-state index in [9.17, 15) is 15.3 Å². The van der Waals surface area contributed by atoms with E-state index in [4.69, 9.17) is 4.74 Å². The van der Waals surface area contributed by atoms with Crippen LogP contribution in [-0.2, 0) is 4.74 Å². The van der Waals surface area contributed by atoms with Gasteiger partial charge in [-0.3, -0.25) is 0 Å². The number of aliphatic hydroxyl groups is 3. The molecule has 2 bridgehead atoms. The van der Waals surface area contributed by atoms with E-state index < -0.39 is 17.8 Å². The van der Waals surface area contributed by atoms with Crippen molar-refractivity contribution in [3.8, 4) is 0 Å². The average molecular weight is 268 g/mol. The molecule has 0 spiro atoms. The topological polar surface area (TPSA) is 69.9 Å². The highest BCUT2D eigenvalue weighted by molar-refractivity contribution is 5.36. The molecule has 3 rings (SSSR count). The summed E-state index contributed by atoms with van der Waals surface area (Å²) in [6.07, 6.45) is 0.839. The monoisotopic (exact) mass is 268 g/mol. The Kier molecular flexibility index (Phi) is 2.88. The van der Waals surface area contributed by atoms with Crippen molar-refractivity contribution in [3.05, 3.63) is 11.1 Å². The lowest BCUT2D eigenvalue weighted by Crippen LogP contribution is -2.52. The largest absolute Gasteiger partial charge is 0.392 e. The standard InChI is InChI=1S/C15H24O4/c1-14(2)5-10-9(7-16)8-4-12(19-13(8)18)15(10,3)11(17)6-14/h8,11-13,16-18H,4-7H2,1-3H3/t8-,11+,12+,13-,15+/m1/s1. The Morgan fingerprint density at radius 1 is 1.26 bits per heavy atom. The molecule has 1 heterocycles. The van der Waals surface area contributed by atoms with Crippen LogP contribution in [0.2, 0.25) is 0 Å². The molecule has 0 amide bonds. The third-order valence-corrected chi connectivity index (χ3v) is 5.53. The van der Waals surface area contributed by atoms with Crippen LogP contribution in [-0.4, -0.2) is 40.4 Å². The molecule has 0 aromatic carbocycles. The second-order valence-electron chi connectivity index (χ2n) is 7.36. The van der Waals surface area contributed by atoms with E-state index in [1.165, 1.54) is 0 Å². The summed E-state index contributed by atoms with van der Waals surface area (Å²) >= 11 is 0. The first-order valence-corrected chi connectivity index (χ1v) is 7.14. The minimum atomic E-state index is -0.836. The highest BCUT2D eigenvalue weighted by atomic mass is 16.6. The van der Waals surface area contributed by atoms with Crippen molar-refractivity contribution in [2.45, 2.75) is 58.5 Å². The van der Waals surface area contributed by atoms with Crippen molar-refractivity contribution >= 4 is 0 Å². The van der Waals surface area contributed by atoms with E-state index in [1.54, 1.807) is 0 Å². The fraction of sp³-hybridized carbons (Fsp3) is 0.867. The molecule has 3 N–H and O–H groups in total. The van der Waals surface area contributed by atoms with E-state index in [1.807, 2.05) is 6.92 Å². The van der Waals surface area contributed by atoms with Crippen LogP contribution in [0.25, 0.3) is 0 Å². The van der Waals surface area contributed by atoms with Gasteiger partial charge in [0.1, 0.15) is 0 Å². The van der Waals surface area contributed by atoms with Crippen LogP contribution in [0.4, 0.5) is 0 Å². The Bertz CT molecular complexity index is 428. The quantitative estimate of drug-likeness (QED) is 0.625. The van der Waals surface area contributed by atoms with Gasteiger partial charge in [-0.05, 0) is 30.3 Å². The van der Waals surface area contributed by atoms with Gasteiger partial charge in [-0.25, -0.2) is 0 Å². The minimum Gasteiger partial charge on any atom is -0.392 e. The Morgan fingerprint density at radius 3 is 2.58 bits per heavy atom. The summed E-state index contributed by atoms with van der Waals surface area (Å²) in [6, 6.07) is 0. The van der Waals surface area contributed by atoms with Crippen LogP contribution in [0.15, 0.2) is 11.1 Å². The lowest BCUT2D eigenvalue weighted by Gasteiger charge is -2.52. The van der Waals surface area contributed by atoms with Gasteiger partial charge in [-0.1, -0.05) is 26.3 Å². The van der Waals surface area contributed by atoms with Gasteiger partial charge >= 0.3 is 0 Å². The number of aliphatic hydroxyl groups excluding tert-OH is 3. The summed E-state index contributed by atoms with van der Waals surface area (Å²) in [6.45, 7) is 6.26. The summed E-state index contributed by atoms with van der Waals surface area (Å²) in [5.74, 6) is -0.0980. The van der Waals surface area contributed by atoms with Gasteiger partial charge in [0.15, 0.2) is 6.29 Å². The number of hydrogen-bond acceptors (Lipinski definition) is 4. The van der Waals surface area contributed by atoms with Crippen LogP contribution in [0.1, 0.15) is 40.0 Å². The Morgan fingerprint density at radius 2 is 1.95 bits per heavy atom. The highest BCUT2D eigenvalue weighted by Crippen LogP contribution is 2.59. The SMILES string of the molecule is CC1(C)CC2=C(CO)[C@H]3C[C@H](O[C@H]3O)[C@]2(C)[C@@H](O)C1. The van der Waals surface area contributed by atoms with Crippen LogP contribution < -0.4 is 0 Å². The second-order valence-corrected chi connectivity index (χ2v) is 7.36. The molecule has 4 heteroatoms. The maximum absolute atomic E-state index is 10.6. The van der Waals surface area contributed by atoms with Gasteiger partial charge in [0.25, 0.3) is 0 Å². The molecule has 1 saturated heterocycles. The molecule has 3 aliphatic rings. The molecule has 0 aromatic heterocycles. The lowest BCUT2D eigenvalue weighted by atomic mass is 9.54. The van der Waals surface area contributed by atoms with Gasteiger partial charge in [-0.2, -0.15) is 0 Å². The summed E-state index contributed by atoms with van der Waals surface area (Å²) < 4.78 is 5.67. The smallest absolute Gasteiger partial charge is 0.161 e. The molecule has 0 aromatic rings. The van der Waals surface area contributed by atoms with Crippen molar-refractivity contribution in [2.75, 3.05) is 6.61 Å². The highest BCUT2D eigenvalue weighted by Gasteiger charge is 2.59. The van der Waals surface area contributed by atoms with Crippen LogP contribution in [0.3, 0.4) is 0 Å². The summed E-state index contributed by atoms with van der Waals surface area (Å²) in [4.78, 5) is 0. The molecule has 0 radical (unpaired) electrons. The molecule has 1 saturated carbocycles. The van der Waals surface area contributed by atoms with Gasteiger partial charge < -0.3 is 20.1 Å². The van der Waals surface area contributed by atoms with Crippen molar-refractivity contribution in [1.82, 2.24) is 0 Å². The summed E-state index contributed by atoms with van der Waals surface area (Å²) in [7, 11) is 0. The number of ether oxygens (including phenoxy) is 1. The van der Waals surface area contributed by atoms with Crippen molar-refractivity contribution in [1.29, 1.82) is 0 Å². The van der Waals surface area contributed by atoms with Gasteiger partial charge in [0.2, 0.25) is 0 Å². The molecule has 5 atom stereocenters. The normalized spacial score (nSPS) is 48.3. The Hall–Kier alpha value is -0.420. The molecular formula is C15H24O4. The zero-order valence-corrected chi connectivity index (χ0v) is 11.9. The molecule has 108 valence electrons. The predicted octanol–water partition coefficient (Wildman–Crippen LogP) is 1.20. The molecule has 2 aliphatic carbocycles. The minimum absolute atomic E-state index is 0.0242. The molecule has 2 fully saturated rings. The van der Waals surface area contributed by atoms with Crippen LogP contribution >= 0.6 is 0 Å². The summed E-state index contributed by atoms with van der Waals surface area (Å²) in [5, 5.41) is 30.4. The van der Waals surface area contributed by atoms with Crippen molar-refractivity contribution in [3.63, 3.8) is 0 Å². The number of hydrogen-bond donors (Lipinski definition) is 3. The van der Waals surface area contributed by atoms with E-state index >= 15 is 0 Å². The number of rotatable bonds is 1. The molecule has 1 aliphatic heterocycles. The third kappa shape index (κ3) is 1.74. The predicted molar refractivity (Wildman–Crippen MR) is 70.2 cm³/mol. The maximum Gasteiger partial charge on any atom is 0.161 e. The summed E-state index contributed by atoms with van der Waals surface area (Å²) in [5.41, 5.74) is 1.59. The van der Waals surface area contributed by atoms with E-state index in [2.05, 4.69) is 13.8 Å². The molecule has 4 nitrogen and oxygen atoms in total. The first kappa shape index (κ1) is 13.6. The average Bonchev–Trinajstić information content (AvgIpc) is 2.64. The lowest BCUT2D eigenvalue weighted by molar-refractivity contribution is -0.148. The van der Waals surface area contributed by atoms with E-state index in [-0.39, 0.29) is 24.0 Å². The zero-order valence-electron chi connectivity index (χ0n) is 11.9. The fourth-order valence-electron chi connectivity index (χ4n) is 4.35. The van der Waals surface area contributed by atoms with Gasteiger partial charge in [-0.15, -0.1) is 0 Å². The van der Waals surface area contributed by atoms with E-state index in [0.717, 1.165) is 24.0 Å². The van der Waals surface area contributed by atoms with E-state index in [0.29, 0.717) is 6.42 Å².